The molecule has 5 nitrogen and oxygen atoms in total. The molecule has 0 spiro atoms. The lowest BCUT2D eigenvalue weighted by Crippen LogP contribution is -2.14. The first kappa shape index (κ1) is 18.0. The smallest absolute Gasteiger partial charge is 0.354 e. The van der Waals surface area contributed by atoms with E-state index in [-0.39, 0.29) is 16.3 Å². The number of carboxylic acid groups (broad SMARTS) is 1. The van der Waals surface area contributed by atoms with E-state index in [9.17, 15) is 9.59 Å². The number of thioether (sulfide) groups is 1. The molecular weight excluding hydrogens is 324 g/mol. The van der Waals surface area contributed by atoms with Crippen LogP contribution in [0.5, 0.6) is 0 Å². The predicted molar refractivity (Wildman–Crippen MR) is 95.9 cm³/mol. The van der Waals surface area contributed by atoms with Crippen molar-refractivity contribution in [2.45, 2.75) is 37.3 Å². The number of carbonyl (C=O) groups is 2. The van der Waals surface area contributed by atoms with E-state index in [1.807, 2.05) is 25.1 Å². The molecule has 0 atom stereocenters. The minimum Gasteiger partial charge on any atom is -0.477 e. The first-order chi connectivity index (χ1) is 11.2. The zero-order chi connectivity index (χ0) is 17.9. The third-order valence-electron chi connectivity index (χ3n) is 3.11. The van der Waals surface area contributed by atoms with Gasteiger partial charge in [0.15, 0.2) is 0 Å². The maximum absolute atomic E-state index is 12.3. The Morgan fingerprint density at radius 2 is 1.88 bits per heavy atom. The fraction of sp³-hybridized carbons (Fsp3) is 0.278. The summed E-state index contributed by atoms with van der Waals surface area (Å²) in [6, 6.07) is 8.65. The van der Waals surface area contributed by atoms with E-state index < -0.39 is 5.97 Å². The molecule has 0 fully saturated rings. The van der Waals surface area contributed by atoms with Crippen LogP contribution in [0.3, 0.4) is 0 Å². The van der Waals surface area contributed by atoms with Crippen molar-refractivity contribution < 1.29 is 14.7 Å². The molecule has 2 rings (SSSR count). The number of aromatic nitrogens is 1. The Morgan fingerprint density at radius 3 is 2.38 bits per heavy atom. The highest BCUT2D eigenvalue weighted by Crippen LogP contribution is 2.33. The molecule has 0 aliphatic rings. The summed E-state index contributed by atoms with van der Waals surface area (Å²) in [6.45, 7) is 8.39. The van der Waals surface area contributed by atoms with Crippen LogP contribution in [0, 0.1) is 6.92 Å². The van der Waals surface area contributed by atoms with Crippen LogP contribution in [0.4, 0.5) is 5.69 Å². The van der Waals surface area contributed by atoms with Crippen molar-refractivity contribution in [3.8, 4) is 0 Å². The summed E-state index contributed by atoms with van der Waals surface area (Å²) in [6.07, 6.45) is 1.26. The Balaban J connectivity index is 2.12. The topological polar surface area (TPSA) is 79.3 Å². The van der Waals surface area contributed by atoms with Gasteiger partial charge in [-0.25, -0.2) is 9.78 Å². The summed E-state index contributed by atoms with van der Waals surface area (Å²) in [4.78, 5) is 27.9. The zero-order valence-electron chi connectivity index (χ0n) is 14.1. The minimum atomic E-state index is -1.12. The van der Waals surface area contributed by atoms with Gasteiger partial charge in [-0.1, -0.05) is 20.8 Å². The number of aryl methyl sites for hydroxylation is 1. The number of carboxylic acids is 1. The van der Waals surface area contributed by atoms with Gasteiger partial charge < -0.3 is 10.4 Å². The first-order valence-corrected chi connectivity index (χ1v) is 8.28. The highest BCUT2D eigenvalue weighted by Gasteiger charge is 2.14. The lowest BCUT2D eigenvalue weighted by Gasteiger charge is -2.18. The molecule has 24 heavy (non-hydrogen) atoms. The Labute approximate surface area is 145 Å². The molecule has 0 radical (unpaired) electrons. The van der Waals surface area contributed by atoms with Gasteiger partial charge in [0.2, 0.25) is 0 Å². The number of hydrogen-bond donors (Lipinski definition) is 2. The average molecular weight is 344 g/mol. The maximum atomic E-state index is 12.3. The van der Waals surface area contributed by atoms with Gasteiger partial charge in [0.25, 0.3) is 5.91 Å². The van der Waals surface area contributed by atoms with Crippen LogP contribution in [-0.2, 0) is 0 Å². The van der Waals surface area contributed by atoms with E-state index in [1.54, 1.807) is 11.8 Å². The van der Waals surface area contributed by atoms with Gasteiger partial charge in [-0.2, -0.15) is 0 Å². The molecule has 1 heterocycles. The van der Waals surface area contributed by atoms with Gasteiger partial charge in [-0.3, -0.25) is 4.79 Å². The molecule has 2 aromatic rings. The molecule has 1 aromatic heterocycles. The van der Waals surface area contributed by atoms with Crippen LogP contribution >= 0.6 is 11.8 Å². The number of carbonyl (C=O) groups excluding carboxylic acids is 1. The molecular formula is C18H20N2O3S. The van der Waals surface area contributed by atoms with Crippen molar-refractivity contribution in [3.05, 3.63) is 53.3 Å². The third kappa shape index (κ3) is 4.83. The predicted octanol–water partition coefficient (Wildman–Crippen LogP) is 4.23. The fourth-order valence-electron chi connectivity index (χ4n) is 2.04. The van der Waals surface area contributed by atoms with Gasteiger partial charge in [0.05, 0.1) is 5.56 Å². The number of nitrogens with one attached hydrogen (secondary N) is 1. The first-order valence-electron chi connectivity index (χ1n) is 7.46. The summed E-state index contributed by atoms with van der Waals surface area (Å²) in [5, 5.41) is 11.7. The van der Waals surface area contributed by atoms with Crippen LogP contribution < -0.4 is 5.32 Å². The Kier molecular flexibility index (Phi) is 5.29. The van der Waals surface area contributed by atoms with E-state index >= 15 is 0 Å². The number of hydrogen-bond acceptors (Lipinski definition) is 4. The van der Waals surface area contributed by atoms with E-state index in [0.717, 1.165) is 16.1 Å². The Hall–Kier alpha value is -2.34. The second kappa shape index (κ2) is 7.05. The van der Waals surface area contributed by atoms with E-state index in [0.29, 0.717) is 5.56 Å². The molecule has 2 N–H and O–H groups in total. The Bertz CT molecular complexity index is 765. The monoisotopic (exact) mass is 344 g/mol. The molecule has 0 bridgehead atoms. The summed E-state index contributed by atoms with van der Waals surface area (Å²) in [5.74, 6) is -1.44. The normalized spacial score (nSPS) is 11.2. The van der Waals surface area contributed by atoms with Crippen LogP contribution in [0.15, 0.2) is 41.4 Å². The SMILES string of the molecule is Cc1cc(SC(C)(C)C)ccc1NC(=O)c1ccc(C(=O)O)nc1. The third-order valence-corrected chi connectivity index (χ3v) is 4.22. The van der Waals surface area contributed by atoms with Gasteiger partial charge in [0, 0.05) is 21.5 Å². The van der Waals surface area contributed by atoms with E-state index in [4.69, 9.17) is 5.11 Å². The van der Waals surface area contributed by atoms with Crippen LogP contribution in [0.2, 0.25) is 0 Å². The van der Waals surface area contributed by atoms with Crippen molar-refractivity contribution in [3.63, 3.8) is 0 Å². The largest absolute Gasteiger partial charge is 0.477 e. The van der Waals surface area contributed by atoms with Crippen molar-refractivity contribution in [1.29, 1.82) is 0 Å². The number of rotatable bonds is 4. The number of amides is 1. The van der Waals surface area contributed by atoms with Gasteiger partial charge in [-0.15, -0.1) is 11.8 Å². The van der Waals surface area contributed by atoms with Crippen molar-refractivity contribution in [2.24, 2.45) is 0 Å². The Morgan fingerprint density at radius 1 is 1.17 bits per heavy atom. The van der Waals surface area contributed by atoms with Crippen molar-refractivity contribution in [2.75, 3.05) is 5.32 Å². The van der Waals surface area contributed by atoms with Crippen LogP contribution in [0.1, 0.15) is 47.2 Å². The molecule has 0 aliphatic heterocycles. The maximum Gasteiger partial charge on any atom is 0.354 e. The van der Waals surface area contributed by atoms with Crippen molar-refractivity contribution >= 4 is 29.3 Å². The van der Waals surface area contributed by atoms with Crippen molar-refractivity contribution in [1.82, 2.24) is 4.98 Å². The molecule has 0 aliphatic carbocycles. The lowest BCUT2D eigenvalue weighted by atomic mass is 10.2. The lowest BCUT2D eigenvalue weighted by molar-refractivity contribution is 0.0690. The summed E-state index contributed by atoms with van der Waals surface area (Å²) in [7, 11) is 0. The van der Waals surface area contributed by atoms with Crippen LogP contribution in [0.25, 0.3) is 0 Å². The summed E-state index contributed by atoms with van der Waals surface area (Å²) < 4.78 is 0.120. The molecule has 1 amide bonds. The quantitative estimate of drug-likeness (QED) is 0.811. The summed E-state index contributed by atoms with van der Waals surface area (Å²) >= 11 is 1.76. The molecule has 6 heteroatoms. The van der Waals surface area contributed by atoms with Gasteiger partial charge >= 0.3 is 5.97 Å². The second-order valence-electron chi connectivity index (χ2n) is 6.38. The number of aromatic carboxylic acids is 1. The van der Waals surface area contributed by atoms with E-state index in [1.165, 1.54) is 18.3 Å². The molecule has 0 unspecified atom stereocenters. The van der Waals surface area contributed by atoms with Gasteiger partial charge in [0.1, 0.15) is 5.69 Å². The zero-order valence-corrected chi connectivity index (χ0v) is 14.9. The number of benzene rings is 1. The van der Waals surface area contributed by atoms with Gasteiger partial charge in [-0.05, 0) is 42.8 Å². The second-order valence-corrected chi connectivity index (χ2v) is 8.28. The number of nitrogens with zero attached hydrogens (tertiary/aromatic N) is 1. The molecule has 0 saturated carbocycles. The fourth-order valence-corrected chi connectivity index (χ4v) is 3.12. The average Bonchev–Trinajstić information content (AvgIpc) is 2.48. The van der Waals surface area contributed by atoms with Crippen LogP contribution in [-0.4, -0.2) is 26.7 Å². The molecule has 0 saturated heterocycles. The highest BCUT2D eigenvalue weighted by atomic mass is 32.2. The summed E-state index contributed by atoms with van der Waals surface area (Å²) in [5.41, 5.74) is 1.91. The number of anilines is 1. The highest BCUT2D eigenvalue weighted by molar-refractivity contribution is 8.00. The number of pyridine rings is 1. The molecule has 126 valence electrons. The minimum absolute atomic E-state index is 0.0914. The standard InChI is InChI=1S/C18H20N2O3S/c1-11-9-13(24-18(2,3)4)6-8-14(11)20-16(21)12-5-7-15(17(22)23)19-10-12/h5-10H,1-4H3,(H,20,21)(H,22,23). The van der Waals surface area contributed by atoms with E-state index in [2.05, 4.69) is 31.1 Å². The molecule has 1 aromatic carbocycles.